The molecular formula is C4H6O4. The molecule has 0 aliphatic carbocycles. The number of aliphatic hydroxyl groups excluding tert-OH is 1. The number of carbonyl (C=O) groups excluding carboxylic acids is 1. The van der Waals surface area contributed by atoms with Crippen molar-refractivity contribution in [3.63, 3.8) is 0 Å². The van der Waals surface area contributed by atoms with Gasteiger partial charge < -0.3 is 14.9 Å². The zero-order valence-corrected chi connectivity index (χ0v) is 4.02. The summed E-state index contributed by atoms with van der Waals surface area (Å²) in [6.07, 6.45) is 2.35. The van der Waals surface area contributed by atoms with E-state index >= 15 is 0 Å². The number of hydrogen-bond donors (Lipinski definition) is 2. The van der Waals surface area contributed by atoms with Gasteiger partial charge in [0.25, 0.3) is 0 Å². The van der Waals surface area contributed by atoms with Crippen LogP contribution in [0.3, 0.4) is 0 Å². The Labute approximate surface area is 46.0 Å². The molecule has 0 aromatic rings. The number of rotatable bonds is 3. The first-order valence-electron chi connectivity index (χ1n) is 1.89. The van der Waals surface area contributed by atoms with Crippen molar-refractivity contribution in [2.75, 3.05) is 0 Å². The lowest BCUT2D eigenvalue weighted by Crippen LogP contribution is -2.04. The molecule has 0 spiro atoms. The maximum atomic E-state index is 9.46. The quantitative estimate of drug-likeness (QED) is 0.215. The Bertz CT molecular complexity index is 86.0. The van der Waals surface area contributed by atoms with E-state index in [2.05, 4.69) is 4.74 Å². The minimum Gasteiger partial charge on any atom is -0.449 e. The van der Waals surface area contributed by atoms with Crippen molar-refractivity contribution in [3.8, 4) is 0 Å². The molecule has 0 fully saturated rings. The van der Waals surface area contributed by atoms with Crippen LogP contribution in [-0.2, 0) is 9.53 Å². The Hall–Kier alpha value is -0.870. The predicted molar refractivity (Wildman–Crippen MR) is 24.5 cm³/mol. The molecule has 4 nitrogen and oxygen atoms in total. The van der Waals surface area contributed by atoms with Gasteiger partial charge in [0.05, 0.1) is 6.26 Å². The molecule has 0 atom stereocenters. The van der Waals surface area contributed by atoms with E-state index in [9.17, 15) is 4.79 Å². The molecule has 2 N–H and O–H groups in total. The van der Waals surface area contributed by atoms with Crippen LogP contribution in [0.25, 0.3) is 0 Å². The monoisotopic (exact) mass is 118 g/mol. The number of aldehydes is 1. The molecule has 0 aliphatic rings. The van der Waals surface area contributed by atoms with Crippen LogP contribution >= 0.6 is 0 Å². The molecule has 0 aliphatic heterocycles. The minimum absolute atomic E-state index is 0.461. The number of aliphatic hydroxyl groups is 2. The second kappa shape index (κ2) is 4.29. The Morgan fingerprint density at radius 1 is 1.50 bits per heavy atom. The van der Waals surface area contributed by atoms with Crippen molar-refractivity contribution in [1.29, 1.82) is 0 Å². The molecule has 0 rings (SSSR count). The predicted octanol–water partition coefficient (Wildman–Crippen LogP) is -1.02. The first-order chi connectivity index (χ1) is 3.77. The maximum absolute atomic E-state index is 9.46. The van der Waals surface area contributed by atoms with E-state index in [-0.39, 0.29) is 0 Å². The highest BCUT2D eigenvalue weighted by Gasteiger charge is 1.86. The molecular weight excluding hydrogens is 112 g/mol. The van der Waals surface area contributed by atoms with Crippen LogP contribution in [0.5, 0.6) is 0 Å². The third-order valence-electron chi connectivity index (χ3n) is 0.357. The zero-order valence-electron chi connectivity index (χ0n) is 4.02. The van der Waals surface area contributed by atoms with Crippen molar-refractivity contribution in [3.05, 3.63) is 12.3 Å². The smallest absolute Gasteiger partial charge is 0.310 e. The van der Waals surface area contributed by atoms with E-state index in [1.807, 2.05) is 0 Å². The second-order valence-corrected chi connectivity index (χ2v) is 0.927. The fraction of sp³-hybridized carbons (Fsp3) is 0.250. The summed E-state index contributed by atoms with van der Waals surface area (Å²) >= 11 is 0. The fourth-order valence-corrected chi connectivity index (χ4v) is 0.148. The minimum atomic E-state index is -1.84. The van der Waals surface area contributed by atoms with E-state index in [1.165, 1.54) is 0 Å². The molecule has 0 aromatic carbocycles. The van der Waals surface area contributed by atoms with E-state index < -0.39 is 6.48 Å². The summed E-state index contributed by atoms with van der Waals surface area (Å²) in [5, 5.41) is 15.9. The van der Waals surface area contributed by atoms with Crippen molar-refractivity contribution in [1.82, 2.24) is 0 Å². The number of hydrogen-bond acceptors (Lipinski definition) is 4. The lowest BCUT2D eigenvalue weighted by molar-refractivity contribution is -0.203. The van der Waals surface area contributed by atoms with Gasteiger partial charge in [0, 0.05) is 6.08 Å². The summed E-state index contributed by atoms with van der Waals surface area (Å²) in [6.45, 7) is -1.84. The fourth-order valence-electron chi connectivity index (χ4n) is 0.148. The largest absolute Gasteiger partial charge is 0.449 e. The SMILES string of the molecule is O=C/C=C/OC(O)O. The van der Waals surface area contributed by atoms with Crippen LogP contribution in [0.2, 0.25) is 0 Å². The molecule has 0 saturated carbocycles. The van der Waals surface area contributed by atoms with Crippen LogP contribution in [0.1, 0.15) is 0 Å². The maximum Gasteiger partial charge on any atom is 0.310 e. The highest BCUT2D eigenvalue weighted by Crippen LogP contribution is 1.78. The molecule has 0 heterocycles. The topological polar surface area (TPSA) is 66.8 Å². The van der Waals surface area contributed by atoms with Crippen LogP contribution < -0.4 is 0 Å². The van der Waals surface area contributed by atoms with E-state index in [0.29, 0.717) is 6.29 Å². The summed E-state index contributed by atoms with van der Waals surface area (Å²) < 4.78 is 3.98. The lowest BCUT2D eigenvalue weighted by Gasteiger charge is -1.97. The molecule has 0 amide bonds. The van der Waals surface area contributed by atoms with Crippen molar-refractivity contribution in [2.24, 2.45) is 0 Å². The van der Waals surface area contributed by atoms with Gasteiger partial charge in [0.2, 0.25) is 0 Å². The Balaban J connectivity index is 3.15. The van der Waals surface area contributed by atoms with Gasteiger partial charge in [-0.15, -0.1) is 0 Å². The van der Waals surface area contributed by atoms with Crippen molar-refractivity contribution in [2.45, 2.75) is 6.48 Å². The van der Waals surface area contributed by atoms with Gasteiger partial charge in [-0.1, -0.05) is 0 Å². The molecule has 0 saturated heterocycles. The van der Waals surface area contributed by atoms with Crippen molar-refractivity contribution < 1.29 is 19.7 Å². The van der Waals surface area contributed by atoms with E-state index in [1.54, 1.807) is 0 Å². The summed E-state index contributed by atoms with van der Waals surface area (Å²) in [5.74, 6) is 0. The van der Waals surface area contributed by atoms with Gasteiger partial charge in [-0.2, -0.15) is 0 Å². The lowest BCUT2D eigenvalue weighted by atomic mass is 10.7. The van der Waals surface area contributed by atoms with Crippen molar-refractivity contribution >= 4 is 6.29 Å². The Morgan fingerprint density at radius 3 is 2.50 bits per heavy atom. The summed E-state index contributed by atoms with van der Waals surface area (Å²) in [7, 11) is 0. The average molecular weight is 118 g/mol. The van der Waals surface area contributed by atoms with E-state index in [4.69, 9.17) is 10.2 Å². The zero-order chi connectivity index (χ0) is 6.41. The molecule has 0 aromatic heterocycles. The van der Waals surface area contributed by atoms with Crippen LogP contribution in [0, 0.1) is 0 Å². The van der Waals surface area contributed by atoms with Crippen LogP contribution in [0.4, 0.5) is 0 Å². The first-order valence-corrected chi connectivity index (χ1v) is 1.89. The molecule has 4 heteroatoms. The third kappa shape index (κ3) is 5.13. The molecule has 0 unspecified atom stereocenters. The van der Waals surface area contributed by atoms with Gasteiger partial charge in [0.1, 0.15) is 6.29 Å². The highest BCUT2D eigenvalue weighted by atomic mass is 16.7. The third-order valence-corrected chi connectivity index (χ3v) is 0.357. The van der Waals surface area contributed by atoms with Gasteiger partial charge in [-0.05, 0) is 0 Å². The van der Waals surface area contributed by atoms with E-state index in [0.717, 1.165) is 12.3 Å². The summed E-state index contributed by atoms with van der Waals surface area (Å²) in [4.78, 5) is 9.46. The molecule has 0 bridgehead atoms. The Morgan fingerprint density at radius 2 is 2.12 bits per heavy atom. The first kappa shape index (κ1) is 7.13. The standard InChI is InChI=1S/C4H6O4/c5-2-1-3-8-4(6)7/h1-4,6-7H/b3-1+. The van der Waals surface area contributed by atoms with Crippen LogP contribution in [0.15, 0.2) is 12.3 Å². The normalized spacial score (nSPS) is 10.4. The van der Waals surface area contributed by atoms with Gasteiger partial charge >= 0.3 is 6.48 Å². The van der Waals surface area contributed by atoms with Gasteiger partial charge in [-0.25, -0.2) is 0 Å². The van der Waals surface area contributed by atoms with Crippen LogP contribution in [-0.4, -0.2) is 23.0 Å². The number of carbonyl (C=O) groups is 1. The summed E-state index contributed by atoms with van der Waals surface area (Å²) in [5.41, 5.74) is 0. The average Bonchev–Trinajstić information content (AvgIpc) is 1.66. The van der Waals surface area contributed by atoms with Gasteiger partial charge in [0.15, 0.2) is 0 Å². The number of allylic oxidation sites excluding steroid dienone is 1. The highest BCUT2D eigenvalue weighted by molar-refractivity contribution is 5.64. The molecule has 8 heavy (non-hydrogen) atoms. The second-order valence-electron chi connectivity index (χ2n) is 0.927. The Kier molecular flexibility index (Phi) is 3.83. The molecule has 46 valence electrons. The van der Waals surface area contributed by atoms with Gasteiger partial charge in [-0.3, -0.25) is 4.79 Å². The molecule has 0 radical (unpaired) electrons. The number of ether oxygens (including phenoxy) is 1. The summed E-state index contributed by atoms with van der Waals surface area (Å²) in [6, 6.07) is 0.